The zero-order valence-corrected chi connectivity index (χ0v) is 23.8. The number of carbonyl (C=O) groups excluding carboxylic acids is 3. The number of hydrogen-bond donors (Lipinski definition) is 0. The van der Waals surface area contributed by atoms with Crippen LogP contribution in [0.2, 0.25) is 0 Å². The SMILES string of the molecule is CC(=O)[O-].CC(=O)[O-].CC(=O)[O-].[La+3].[La+3].[La+3].[La+3]. The number of hydrogen-bond acceptors (Lipinski definition) is 6. The predicted octanol–water partition coefficient (Wildman–Crippen LogP) is -3.73. The van der Waals surface area contributed by atoms with Crippen molar-refractivity contribution in [2.24, 2.45) is 0 Å². The fourth-order valence-corrected chi connectivity index (χ4v) is 0. The van der Waals surface area contributed by atoms with E-state index < -0.39 is 17.9 Å². The maximum Gasteiger partial charge on any atom is 3.00 e. The van der Waals surface area contributed by atoms with Crippen molar-refractivity contribution in [2.45, 2.75) is 20.8 Å². The normalized spacial score (nSPS) is 4.69. The fourth-order valence-electron chi connectivity index (χ4n) is 0. The predicted molar refractivity (Wildman–Crippen MR) is 32.0 cm³/mol. The molecule has 0 bridgehead atoms. The molecule has 0 rings (SSSR count). The maximum absolute atomic E-state index is 8.89. The molecule has 72 valence electrons. The molecule has 0 heterocycles. The van der Waals surface area contributed by atoms with Crippen molar-refractivity contribution in [2.75, 3.05) is 0 Å². The van der Waals surface area contributed by atoms with Crippen LogP contribution in [0.3, 0.4) is 0 Å². The smallest absolute Gasteiger partial charge is 0.550 e. The molecule has 0 aromatic heterocycles. The van der Waals surface area contributed by atoms with Gasteiger partial charge in [0.2, 0.25) is 0 Å². The largest absolute Gasteiger partial charge is 3.00 e. The Balaban J connectivity index is -0.0000000135. The summed E-state index contributed by atoms with van der Waals surface area (Å²) in [5.74, 6) is -3.25. The average molecular weight is 733 g/mol. The zero-order chi connectivity index (χ0) is 10.7. The van der Waals surface area contributed by atoms with E-state index in [1.165, 1.54) is 0 Å². The molecule has 0 aliphatic carbocycles. The molecular formula is C6H9La4O6+9. The van der Waals surface area contributed by atoms with Gasteiger partial charge in [0.05, 0.1) is 0 Å². The Bertz CT molecular complexity index is 123. The van der Waals surface area contributed by atoms with Gasteiger partial charge in [0, 0.05) is 17.9 Å². The summed E-state index contributed by atoms with van der Waals surface area (Å²) in [5.41, 5.74) is 0. The molecule has 6 nitrogen and oxygen atoms in total. The Hall–Kier alpha value is 3.19. The summed E-state index contributed by atoms with van der Waals surface area (Å²) in [6.07, 6.45) is 0. The molecule has 0 saturated heterocycles. The number of aliphatic carboxylic acids is 3. The first-order valence-electron chi connectivity index (χ1n) is 2.72. The van der Waals surface area contributed by atoms with Gasteiger partial charge >= 0.3 is 142 Å². The Morgan fingerprint density at radius 2 is 0.562 bits per heavy atom. The van der Waals surface area contributed by atoms with Gasteiger partial charge in [-0.2, -0.15) is 0 Å². The Morgan fingerprint density at radius 3 is 0.562 bits per heavy atom. The number of carboxylic acids is 3. The minimum absolute atomic E-state index is 0. The van der Waals surface area contributed by atoms with E-state index >= 15 is 0 Å². The molecule has 0 saturated carbocycles. The van der Waals surface area contributed by atoms with Crippen molar-refractivity contribution in [3.8, 4) is 0 Å². The third-order valence-corrected chi connectivity index (χ3v) is 0. The van der Waals surface area contributed by atoms with Crippen LogP contribution in [0.15, 0.2) is 0 Å². The molecule has 0 radical (unpaired) electrons. The second kappa shape index (κ2) is 36.2. The summed E-state index contributed by atoms with van der Waals surface area (Å²) >= 11 is 0. The topological polar surface area (TPSA) is 120 Å². The Morgan fingerprint density at radius 1 is 0.562 bits per heavy atom. The monoisotopic (exact) mass is 733 g/mol. The van der Waals surface area contributed by atoms with E-state index in [-0.39, 0.29) is 142 Å². The second-order valence-electron chi connectivity index (χ2n) is 1.47. The van der Waals surface area contributed by atoms with Crippen LogP contribution < -0.4 is 15.3 Å². The minimum atomic E-state index is -1.08. The second-order valence-corrected chi connectivity index (χ2v) is 1.47. The summed E-state index contributed by atoms with van der Waals surface area (Å²) in [5, 5.41) is 26.7. The van der Waals surface area contributed by atoms with E-state index in [0.717, 1.165) is 20.8 Å². The van der Waals surface area contributed by atoms with Gasteiger partial charge < -0.3 is 29.7 Å². The van der Waals surface area contributed by atoms with Crippen LogP contribution in [-0.4, -0.2) is 17.9 Å². The molecular weight excluding hydrogens is 724 g/mol. The molecule has 10 heteroatoms. The van der Waals surface area contributed by atoms with Gasteiger partial charge in [0.25, 0.3) is 0 Å². The van der Waals surface area contributed by atoms with Crippen LogP contribution in [0, 0.1) is 142 Å². The van der Waals surface area contributed by atoms with E-state index in [0.29, 0.717) is 0 Å². The van der Waals surface area contributed by atoms with Crippen molar-refractivity contribution in [1.29, 1.82) is 0 Å². The van der Waals surface area contributed by atoms with Crippen LogP contribution in [-0.2, 0) is 14.4 Å². The maximum atomic E-state index is 8.89. The zero-order valence-electron chi connectivity index (χ0n) is 9.26. The van der Waals surface area contributed by atoms with Crippen LogP contribution in [0.4, 0.5) is 0 Å². The average Bonchev–Trinajstić information content (AvgIpc) is 1.54. The van der Waals surface area contributed by atoms with Crippen molar-refractivity contribution >= 4 is 17.9 Å². The first kappa shape index (κ1) is 42.7. The molecule has 16 heavy (non-hydrogen) atoms. The summed E-state index contributed by atoms with van der Waals surface area (Å²) in [6.45, 7) is 2.92. The fraction of sp³-hybridized carbons (Fsp3) is 0.500. The van der Waals surface area contributed by atoms with E-state index in [2.05, 4.69) is 0 Å². The molecule has 0 amide bonds. The van der Waals surface area contributed by atoms with Gasteiger partial charge in [-0.15, -0.1) is 0 Å². The quantitative estimate of drug-likeness (QED) is 0.253. The number of carbonyl (C=O) groups is 3. The molecule has 0 aromatic carbocycles. The van der Waals surface area contributed by atoms with E-state index in [4.69, 9.17) is 29.7 Å². The van der Waals surface area contributed by atoms with Crippen molar-refractivity contribution in [1.82, 2.24) is 0 Å². The van der Waals surface area contributed by atoms with Gasteiger partial charge in [-0.3, -0.25) is 0 Å². The first-order valence-corrected chi connectivity index (χ1v) is 2.72. The van der Waals surface area contributed by atoms with Gasteiger partial charge in [0.1, 0.15) is 0 Å². The molecule has 0 N–H and O–H groups in total. The number of rotatable bonds is 0. The first-order chi connectivity index (χ1) is 5.20. The minimum Gasteiger partial charge on any atom is -0.550 e. The van der Waals surface area contributed by atoms with Crippen molar-refractivity contribution < 1.29 is 172 Å². The molecule has 0 aromatic rings. The summed E-state index contributed by atoms with van der Waals surface area (Å²) in [4.78, 5) is 26.7. The summed E-state index contributed by atoms with van der Waals surface area (Å²) in [6, 6.07) is 0. The Labute approximate surface area is 206 Å². The summed E-state index contributed by atoms with van der Waals surface area (Å²) < 4.78 is 0. The standard InChI is InChI=1S/3C2H4O2.4La/c3*1-2(3)4;;;;/h3*1H3,(H,3,4);;;;/q;;;4*+3/p-3. The third kappa shape index (κ3) is 443. The third-order valence-electron chi connectivity index (χ3n) is 0. The van der Waals surface area contributed by atoms with Crippen molar-refractivity contribution in [3.63, 3.8) is 0 Å². The van der Waals surface area contributed by atoms with E-state index in [1.807, 2.05) is 0 Å². The molecule has 0 unspecified atom stereocenters. The van der Waals surface area contributed by atoms with E-state index in [9.17, 15) is 0 Å². The molecule has 0 aliphatic heterocycles. The summed E-state index contributed by atoms with van der Waals surface area (Å²) in [7, 11) is 0. The molecule has 0 aliphatic rings. The van der Waals surface area contributed by atoms with Gasteiger partial charge in [-0.25, -0.2) is 0 Å². The van der Waals surface area contributed by atoms with Crippen molar-refractivity contribution in [3.05, 3.63) is 0 Å². The molecule has 0 atom stereocenters. The van der Waals surface area contributed by atoms with Gasteiger partial charge in [-0.1, -0.05) is 0 Å². The number of carboxylic acid groups (broad SMARTS) is 3. The van der Waals surface area contributed by atoms with Gasteiger partial charge in [-0.05, 0) is 20.8 Å². The van der Waals surface area contributed by atoms with Crippen LogP contribution >= 0.6 is 0 Å². The molecule has 0 spiro atoms. The van der Waals surface area contributed by atoms with Gasteiger partial charge in [0.15, 0.2) is 0 Å². The van der Waals surface area contributed by atoms with Crippen LogP contribution in [0.1, 0.15) is 20.8 Å². The van der Waals surface area contributed by atoms with Crippen LogP contribution in [0.5, 0.6) is 0 Å². The Kier molecular flexibility index (Phi) is 96.6. The van der Waals surface area contributed by atoms with E-state index in [1.54, 1.807) is 0 Å². The molecule has 0 fully saturated rings. The van der Waals surface area contributed by atoms with Crippen LogP contribution in [0.25, 0.3) is 0 Å².